The summed E-state index contributed by atoms with van der Waals surface area (Å²) in [5.74, 6) is 3.36. The monoisotopic (exact) mass is 239 g/mol. The van der Waals surface area contributed by atoms with E-state index in [0.29, 0.717) is 0 Å². The highest BCUT2D eigenvalue weighted by atomic mass is 14.7. The van der Waals surface area contributed by atoms with Crippen molar-refractivity contribution in [1.82, 2.24) is 0 Å². The van der Waals surface area contributed by atoms with Gasteiger partial charge >= 0.3 is 0 Å². The van der Waals surface area contributed by atoms with Gasteiger partial charge in [-0.25, -0.2) is 0 Å². The van der Waals surface area contributed by atoms with Crippen LogP contribution in [0.4, 0.5) is 0 Å². The highest BCUT2D eigenvalue weighted by molar-refractivity contribution is 4.91. The summed E-state index contributed by atoms with van der Waals surface area (Å²) in [6.07, 6.45) is 7.75. The Morgan fingerprint density at radius 2 is 1.59 bits per heavy atom. The second kappa shape index (κ2) is 6.22. The van der Waals surface area contributed by atoms with Crippen LogP contribution in [-0.2, 0) is 0 Å². The van der Waals surface area contributed by atoms with Crippen LogP contribution in [-0.4, -0.2) is 5.54 Å². The summed E-state index contributed by atoms with van der Waals surface area (Å²) in [4.78, 5) is 0. The fourth-order valence-electron chi connectivity index (χ4n) is 3.67. The van der Waals surface area contributed by atoms with E-state index in [0.717, 1.165) is 23.7 Å². The highest BCUT2D eigenvalue weighted by Gasteiger charge is 2.33. The largest absolute Gasteiger partial charge is 0.325 e. The maximum atomic E-state index is 6.60. The van der Waals surface area contributed by atoms with Crippen LogP contribution in [0.5, 0.6) is 0 Å². The minimum atomic E-state index is 0.152. The Labute approximate surface area is 109 Å². The summed E-state index contributed by atoms with van der Waals surface area (Å²) < 4.78 is 0. The molecular formula is C16H33N. The van der Waals surface area contributed by atoms with Crippen molar-refractivity contribution in [1.29, 1.82) is 0 Å². The number of hydrogen-bond acceptors (Lipinski definition) is 1. The summed E-state index contributed by atoms with van der Waals surface area (Å²) in [6, 6.07) is 0. The molecule has 1 unspecified atom stereocenters. The van der Waals surface area contributed by atoms with Crippen molar-refractivity contribution in [2.75, 3.05) is 0 Å². The zero-order valence-corrected chi connectivity index (χ0v) is 12.6. The molecule has 1 aliphatic carbocycles. The van der Waals surface area contributed by atoms with Crippen LogP contribution < -0.4 is 5.73 Å². The predicted octanol–water partition coefficient (Wildman–Crippen LogP) is 4.60. The van der Waals surface area contributed by atoms with Crippen LogP contribution in [0.15, 0.2) is 0 Å². The van der Waals surface area contributed by atoms with Gasteiger partial charge in [-0.2, -0.15) is 0 Å². The molecule has 1 heteroatoms. The van der Waals surface area contributed by atoms with Gasteiger partial charge in [0, 0.05) is 5.54 Å². The van der Waals surface area contributed by atoms with E-state index in [2.05, 4.69) is 34.6 Å². The van der Waals surface area contributed by atoms with E-state index in [1.54, 1.807) is 0 Å². The van der Waals surface area contributed by atoms with Crippen molar-refractivity contribution in [2.45, 2.75) is 78.7 Å². The van der Waals surface area contributed by atoms with E-state index < -0.39 is 0 Å². The molecule has 0 amide bonds. The van der Waals surface area contributed by atoms with Crippen molar-refractivity contribution in [3.63, 3.8) is 0 Å². The molecule has 1 nitrogen and oxygen atoms in total. The fourth-order valence-corrected chi connectivity index (χ4v) is 3.67. The Morgan fingerprint density at radius 1 is 1.06 bits per heavy atom. The van der Waals surface area contributed by atoms with Gasteiger partial charge in [0.2, 0.25) is 0 Å². The quantitative estimate of drug-likeness (QED) is 0.745. The number of rotatable bonds is 5. The van der Waals surface area contributed by atoms with Gasteiger partial charge in [0.15, 0.2) is 0 Å². The Kier molecular flexibility index (Phi) is 5.50. The zero-order chi connectivity index (χ0) is 13.1. The fraction of sp³-hybridized carbons (Fsp3) is 1.00. The average Bonchev–Trinajstić information content (AvgIpc) is 2.15. The lowest BCUT2D eigenvalue weighted by Gasteiger charge is -2.40. The summed E-state index contributed by atoms with van der Waals surface area (Å²) in [5, 5.41) is 0. The van der Waals surface area contributed by atoms with E-state index in [1.165, 1.54) is 38.5 Å². The molecule has 1 rings (SSSR count). The maximum absolute atomic E-state index is 6.60. The molecule has 0 radical (unpaired) electrons. The Balaban J connectivity index is 2.39. The first-order valence-corrected chi connectivity index (χ1v) is 7.61. The first-order chi connectivity index (χ1) is 7.82. The molecule has 0 bridgehead atoms. The predicted molar refractivity (Wildman–Crippen MR) is 77.0 cm³/mol. The van der Waals surface area contributed by atoms with Crippen molar-refractivity contribution >= 4 is 0 Å². The second-order valence-corrected chi connectivity index (χ2v) is 7.38. The summed E-state index contributed by atoms with van der Waals surface area (Å²) in [7, 11) is 0. The topological polar surface area (TPSA) is 26.0 Å². The molecule has 0 aromatic heterocycles. The molecule has 0 heterocycles. The zero-order valence-electron chi connectivity index (χ0n) is 12.6. The van der Waals surface area contributed by atoms with Gasteiger partial charge in [-0.05, 0) is 62.2 Å². The molecule has 1 aliphatic rings. The molecule has 0 aromatic carbocycles. The SMILES string of the molecule is CC(C)CC(C)CC1(N)CCC(C(C)C)CC1. The average molecular weight is 239 g/mol. The molecule has 0 saturated heterocycles. The van der Waals surface area contributed by atoms with Gasteiger partial charge < -0.3 is 5.73 Å². The Hall–Kier alpha value is -0.0400. The van der Waals surface area contributed by atoms with Gasteiger partial charge in [-0.3, -0.25) is 0 Å². The van der Waals surface area contributed by atoms with Gasteiger partial charge in [0.05, 0.1) is 0 Å². The number of nitrogens with two attached hydrogens (primary N) is 1. The van der Waals surface area contributed by atoms with Crippen LogP contribution in [0, 0.1) is 23.7 Å². The van der Waals surface area contributed by atoms with E-state index in [-0.39, 0.29) is 5.54 Å². The van der Waals surface area contributed by atoms with Crippen LogP contribution >= 0.6 is 0 Å². The molecule has 1 atom stereocenters. The molecule has 0 spiro atoms. The summed E-state index contributed by atoms with van der Waals surface area (Å²) in [5.41, 5.74) is 6.75. The minimum Gasteiger partial charge on any atom is -0.325 e. The Bertz CT molecular complexity index is 212. The molecule has 102 valence electrons. The smallest absolute Gasteiger partial charge is 0.0157 e. The lowest BCUT2D eigenvalue weighted by Crippen LogP contribution is -2.45. The van der Waals surface area contributed by atoms with Crippen LogP contribution in [0.3, 0.4) is 0 Å². The van der Waals surface area contributed by atoms with E-state index in [9.17, 15) is 0 Å². The first kappa shape index (κ1) is 15.0. The third kappa shape index (κ3) is 4.99. The highest BCUT2D eigenvalue weighted by Crippen LogP contribution is 2.38. The maximum Gasteiger partial charge on any atom is 0.0157 e. The molecule has 0 aromatic rings. The summed E-state index contributed by atoms with van der Waals surface area (Å²) in [6.45, 7) is 11.7. The van der Waals surface area contributed by atoms with E-state index in [4.69, 9.17) is 5.73 Å². The van der Waals surface area contributed by atoms with Crippen LogP contribution in [0.2, 0.25) is 0 Å². The van der Waals surface area contributed by atoms with Gasteiger partial charge in [-0.1, -0.05) is 34.6 Å². The number of hydrogen-bond donors (Lipinski definition) is 1. The lowest BCUT2D eigenvalue weighted by atomic mass is 9.70. The van der Waals surface area contributed by atoms with Crippen molar-refractivity contribution < 1.29 is 0 Å². The van der Waals surface area contributed by atoms with Crippen LogP contribution in [0.1, 0.15) is 73.1 Å². The molecule has 0 aliphatic heterocycles. The lowest BCUT2D eigenvalue weighted by molar-refractivity contribution is 0.166. The second-order valence-electron chi connectivity index (χ2n) is 7.38. The van der Waals surface area contributed by atoms with Crippen molar-refractivity contribution in [3.05, 3.63) is 0 Å². The van der Waals surface area contributed by atoms with E-state index >= 15 is 0 Å². The van der Waals surface area contributed by atoms with Crippen molar-refractivity contribution in [3.8, 4) is 0 Å². The minimum absolute atomic E-state index is 0.152. The van der Waals surface area contributed by atoms with Gasteiger partial charge in [-0.15, -0.1) is 0 Å². The molecular weight excluding hydrogens is 206 g/mol. The standard InChI is InChI=1S/C16H33N/c1-12(2)10-14(5)11-16(17)8-6-15(7-9-16)13(3)4/h12-15H,6-11,17H2,1-5H3. The third-order valence-electron chi connectivity index (χ3n) is 4.60. The molecule has 1 saturated carbocycles. The normalized spacial score (nSPS) is 32.1. The van der Waals surface area contributed by atoms with Gasteiger partial charge in [0.25, 0.3) is 0 Å². The summed E-state index contributed by atoms with van der Waals surface area (Å²) >= 11 is 0. The van der Waals surface area contributed by atoms with Crippen molar-refractivity contribution in [2.24, 2.45) is 29.4 Å². The molecule has 1 fully saturated rings. The van der Waals surface area contributed by atoms with Gasteiger partial charge in [0.1, 0.15) is 0 Å². The van der Waals surface area contributed by atoms with E-state index in [1.807, 2.05) is 0 Å². The Morgan fingerprint density at radius 3 is 2.00 bits per heavy atom. The first-order valence-electron chi connectivity index (χ1n) is 7.61. The molecule has 2 N–H and O–H groups in total. The third-order valence-corrected chi connectivity index (χ3v) is 4.60. The molecule has 17 heavy (non-hydrogen) atoms. The van der Waals surface area contributed by atoms with Crippen LogP contribution in [0.25, 0.3) is 0 Å².